The molecule has 1 N–H and O–H groups in total. The van der Waals surface area contributed by atoms with Gasteiger partial charge in [-0.1, -0.05) is 19.1 Å². The van der Waals surface area contributed by atoms with Crippen LogP contribution in [-0.4, -0.2) is 55.0 Å². The maximum absolute atomic E-state index is 12.0. The first-order chi connectivity index (χ1) is 12.5. The first kappa shape index (κ1) is 22.3. The number of carbonyl (C=O) groups is 1. The molecule has 2 heterocycles. The normalized spacial score (nSPS) is 33.7. The minimum absolute atomic E-state index is 0.0119. The highest BCUT2D eigenvalue weighted by Crippen LogP contribution is 2.46. The van der Waals surface area contributed by atoms with E-state index < -0.39 is 11.2 Å². The van der Waals surface area contributed by atoms with Crippen LogP contribution in [0.15, 0.2) is 12.2 Å². The Morgan fingerprint density at radius 3 is 2.63 bits per heavy atom. The molecule has 0 unspecified atom stereocenters. The van der Waals surface area contributed by atoms with E-state index in [1.165, 1.54) is 0 Å². The highest BCUT2D eigenvalue weighted by Gasteiger charge is 2.53. The summed E-state index contributed by atoms with van der Waals surface area (Å²) in [6.07, 6.45) is 5.61. The zero-order valence-electron chi connectivity index (χ0n) is 17.6. The molecular weight excluding hydrogens is 348 g/mol. The minimum atomic E-state index is -0.621. The summed E-state index contributed by atoms with van der Waals surface area (Å²) in [5, 5.41) is 9.00. The maximum atomic E-state index is 12.0. The lowest BCUT2D eigenvalue weighted by Gasteiger charge is -2.54. The van der Waals surface area contributed by atoms with Crippen molar-refractivity contribution in [3.8, 4) is 0 Å². The molecule has 2 rings (SSSR count). The largest absolute Gasteiger partial charge is 0.465 e. The minimum Gasteiger partial charge on any atom is -0.465 e. The van der Waals surface area contributed by atoms with Crippen LogP contribution in [0.25, 0.3) is 0 Å². The molecule has 2 fully saturated rings. The molecule has 27 heavy (non-hydrogen) atoms. The van der Waals surface area contributed by atoms with E-state index in [1.807, 2.05) is 46.8 Å². The molecule has 2 aliphatic heterocycles. The third-order valence-electron chi connectivity index (χ3n) is 5.29. The van der Waals surface area contributed by atoms with Crippen LogP contribution in [0.3, 0.4) is 0 Å². The van der Waals surface area contributed by atoms with E-state index in [-0.39, 0.29) is 36.3 Å². The second kappa shape index (κ2) is 8.60. The van der Waals surface area contributed by atoms with Crippen molar-refractivity contribution in [2.75, 3.05) is 19.8 Å². The standard InChI is InChI=1S/C21H36O6/c1-19(2,3)18(23)24-12-10-16-21(6)14-25-20(4,5)27-17(21)13-15(26-16)9-7-8-11-22/h7,9,15-17,22H,8,10-14H2,1-6H3/b9-7+/t15-,16+,17-,21+/m0/s1. The molecule has 2 saturated heterocycles. The van der Waals surface area contributed by atoms with Gasteiger partial charge in [0.05, 0.1) is 36.9 Å². The van der Waals surface area contributed by atoms with Crippen LogP contribution in [-0.2, 0) is 23.7 Å². The Labute approximate surface area is 163 Å². The van der Waals surface area contributed by atoms with Gasteiger partial charge in [-0.05, 0) is 41.0 Å². The summed E-state index contributed by atoms with van der Waals surface area (Å²) >= 11 is 0. The van der Waals surface area contributed by atoms with Crippen molar-refractivity contribution < 1.29 is 28.8 Å². The van der Waals surface area contributed by atoms with Gasteiger partial charge in [-0.2, -0.15) is 0 Å². The van der Waals surface area contributed by atoms with Crippen molar-refractivity contribution in [2.24, 2.45) is 10.8 Å². The third kappa shape index (κ3) is 5.76. The van der Waals surface area contributed by atoms with Crippen LogP contribution in [0.1, 0.15) is 60.8 Å². The van der Waals surface area contributed by atoms with E-state index in [2.05, 4.69) is 6.92 Å². The Kier molecular flexibility index (Phi) is 7.11. The Balaban J connectivity index is 2.07. The number of aliphatic hydroxyl groups excluding tert-OH is 1. The van der Waals surface area contributed by atoms with Crippen molar-refractivity contribution in [1.82, 2.24) is 0 Å². The summed E-state index contributed by atoms with van der Waals surface area (Å²) in [6, 6.07) is 0. The summed E-state index contributed by atoms with van der Waals surface area (Å²) in [6.45, 7) is 12.5. The average Bonchev–Trinajstić information content (AvgIpc) is 2.55. The van der Waals surface area contributed by atoms with Gasteiger partial charge in [0.15, 0.2) is 5.79 Å². The van der Waals surface area contributed by atoms with Gasteiger partial charge in [-0.15, -0.1) is 0 Å². The highest BCUT2D eigenvalue weighted by molar-refractivity contribution is 5.75. The van der Waals surface area contributed by atoms with Gasteiger partial charge in [-0.25, -0.2) is 0 Å². The lowest BCUT2D eigenvalue weighted by Crippen LogP contribution is -2.61. The molecule has 0 aromatic rings. The van der Waals surface area contributed by atoms with Gasteiger partial charge in [-0.3, -0.25) is 4.79 Å². The quantitative estimate of drug-likeness (QED) is 0.560. The molecule has 0 aliphatic carbocycles. The van der Waals surface area contributed by atoms with Crippen molar-refractivity contribution in [3.63, 3.8) is 0 Å². The van der Waals surface area contributed by atoms with E-state index in [0.29, 0.717) is 26.1 Å². The molecule has 4 atom stereocenters. The van der Waals surface area contributed by atoms with Crippen molar-refractivity contribution in [2.45, 2.75) is 84.9 Å². The summed E-state index contributed by atoms with van der Waals surface area (Å²) in [7, 11) is 0. The first-order valence-corrected chi connectivity index (χ1v) is 9.90. The van der Waals surface area contributed by atoms with Crippen molar-refractivity contribution in [3.05, 3.63) is 12.2 Å². The molecule has 0 aromatic carbocycles. The van der Waals surface area contributed by atoms with Gasteiger partial charge in [0, 0.05) is 24.9 Å². The number of rotatable bonds is 6. The molecule has 0 bridgehead atoms. The monoisotopic (exact) mass is 384 g/mol. The number of aliphatic hydroxyl groups is 1. The van der Waals surface area contributed by atoms with Gasteiger partial charge in [0.1, 0.15) is 0 Å². The van der Waals surface area contributed by atoms with Crippen LogP contribution in [0.2, 0.25) is 0 Å². The summed E-state index contributed by atoms with van der Waals surface area (Å²) in [5.41, 5.74) is -0.818. The molecule has 0 aromatic heterocycles. The van der Waals surface area contributed by atoms with Crippen LogP contribution in [0.4, 0.5) is 0 Å². The SMILES string of the molecule is CC1(C)OC[C@@]2(C)[C@H](C[C@H](/C=C/CCO)O[C@@H]2CCOC(=O)C(C)(C)C)O1. The molecular formula is C21H36O6. The number of hydrogen-bond donors (Lipinski definition) is 1. The number of fused-ring (bicyclic) bond motifs is 1. The van der Waals surface area contributed by atoms with Crippen LogP contribution < -0.4 is 0 Å². The van der Waals surface area contributed by atoms with E-state index in [0.717, 1.165) is 6.42 Å². The van der Waals surface area contributed by atoms with Crippen LogP contribution in [0.5, 0.6) is 0 Å². The van der Waals surface area contributed by atoms with Crippen molar-refractivity contribution >= 4 is 5.97 Å². The Morgan fingerprint density at radius 2 is 2.00 bits per heavy atom. The number of esters is 1. The van der Waals surface area contributed by atoms with Gasteiger partial charge >= 0.3 is 5.97 Å². The smallest absolute Gasteiger partial charge is 0.311 e. The lowest BCUT2D eigenvalue weighted by molar-refractivity contribution is -0.351. The molecule has 156 valence electrons. The number of carbonyl (C=O) groups excluding carboxylic acids is 1. The van der Waals surface area contributed by atoms with Crippen LogP contribution >= 0.6 is 0 Å². The maximum Gasteiger partial charge on any atom is 0.311 e. The van der Waals surface area contributed by atoms with E-state index in [4.69, 9.17) is 24.1 Å². The molecule has 0 radical (unpaired) electrons. The fourth-order valence-corrected chi connectivity index (χ4v) is 3.50. The highest BCUT2D eigenvalue weighted by atomic mass is 16.7. The lowest BCUT2D eigenvalue weighted by atomic mass is 9.73. The zero-order chi connectivity index (χ0) is 20.3. The molecule has 6 heteroatoms. The van der Waals surface area contributed by atoms with Crippen LogP contribution in [0, 0.1) is 10.8 Å². The molecule has 0 saturated carbocycles. The number of hydrogen-bond acceptors (Lipinski definition) is 6. The zero-order valence-corrected chi connectivity index (χ0v) is 17.6. The Bertz CT molecular complexity index is 535. The molecule has 6 nitrogen and oxygen atoms in total. The van der Waals surface area contributed by atoms with Gasteiger partial charge < -0.3 is 24.1 Å². The van der Waals surface area contributed by atoms with E-state index in [9.17, 15) is 4.79 Å². The van der Waals surface area contributed by atoms with E-state index in [1.54, 1.807) is 0 Å². The Hall–Kier alpha value is -0.950. The molecule has 0 amide bonds. The fraction of sp³-hybridized carbons (Fsp3) is 0.857. The first-order valence-electron chi connectivity index (χ1n) is 9.90. The second-order valence-electron chi connectivity index (χ2n) is 9.31. The predicted octanol–water partition coefficient (Wildman–Crippen LogP) is 3.22. The summed E-state index contributed by atoms with van der Waals surface area (Å²) < 4.78 is 23.9. The van der Waals surface area contributed by atoms with E-state index >= 15 is 0 Å². The predicted molar refractivity (Wildman–Crippen MR) is 102 cm³/mol. The molecule has 2 aliphatic rings. The van der Waals surface area contributed by atoms with Gasteiger partial charge in [0.2, 0.25) is 0 Å². The topological polar surface area (TPSA) is 74.2 Å². The third-order valence-corrected chi connectivity index (χ3v) is 5.29. The molecule has 0 spiro atoms. The Morgan fingerprint density at radius 1 is 1.30 bits per heavy atom. The number of ether oxygens (including phenoxy) is 4. The second-order valence-corrected chi connectivity index (χ2v) is 9.31. The average molecular weight is 385 g/mol. The summed E-state index contributed by atoms with van der Waals surface area (Å²) in [5.74, 6) is -0.832. The summed E-state index contributed by atoms with van der Waals surface area (Å²) in [4.78, 5) is 12.0. The van der Waals surface area contributed by atoms with Gasteiger partial charge in [0.25, 0.3) is 0 Å². The fourth-order valence-electron chi connectivity index (χ4n) is 3.50. The van der Waals surface area contributed by atoms with Crippen molar-refractivity contribution in [1.29, 1.82) is 0 Å².